The summed E-state index contributed by atoms with van der Waals surface area (Å²) in [5.74, 6) is 0. The predicted molar refractivity (Wildman–Crippen MR) is 235 cm³/mol. The van der Waals surface area contributed by atoms with E-state index in [1.807, 2.05) is 12.4 Å². The zero-order valence-electron chi connectivity index (χ0n) is 31.0. The van der Waals surface area contributed by atoms with Crippen LogP contribution < -0.4 is 0 Å². The van der Waals surface area contributed by atoms with Crippen LogP contribution in [0.2, 0.25) is 0 Å². The number of nitrogens with zero attached hydrogens (tertiary/aromatic N) is 2. The quantitative estimate of drug-likeness (QED) is 0.169. The highest BCUT2D eigenvalue weighted by Crippen LogP contribution is 2.63. The number of pyridine rings is 2. The van der Waals surface area contributed by atoms with Crippen molar-refractivity contribution in [3.63, 3.8) is 0 Å². The van der Waals surface area contributed by atoms with Crippen molar-refractivity contribution in [1.29, 1.82) is 0 Å². The highest BCUT2D eigenvalue weighted by molar-refractivity contribution is 6.22. The summed E-state index contributed by atoms with van der Waals surface area (Å²) in [6.45, 7) is 0. The Morgan fingerprint density at radius 2 is 0.842 bits per heavy atom. The van der Waals surface area contributed by atoms with Crippen molar-refractivity contribution in [1.82, 2.24) is 9.97 Å². The van der Waals surface area contributed by atoms with Crippen LogP contribution in [-0.4, -0.2) is 9.97 Å². The smallest absolute Gasteiger partial charge is 0.0725 e. The van der Waals surface area contributed by atoms with E-state index in [-0.39, 0.29) is 5.41 Å². The molecular formula is C55H34N2. The van der Waals surface area contributed by atoms with E-state index in [1.54, 1.807) is 0 Å². The second-order valence-corrected chi connectivity index (χ2v) is 15.2. The first-order chi connectivity index (χ1) is 28.3. The summed E-state index contributed by atoms with van der Waals surface area (Å²) >= 11 is 0. The first-order valence-electron chi connectivity index (χ1n) is 19.6. The minimum absolute atomic E-state index is 0.386. The summed E-state index contributed by atoms with van der Waals surface area (Å²) in [5.41, 5.74) is 19.3. The van der Waals surface area contributed by atoms with E-state index in [0.29, 0.717) is 0 Å². The molecule has 0 unspecified atom stereocenters. The van der Waals surface area contributed by atoms with Crippen LogP contribution in [0.5, 0.6) is 0 Å². The SMILES string of the molecule is c1ccc(-c2c3ccccc3c(-c3ccc(-c4ccc5c(c4)C4(c6ccccc6-c6ccccc64)c4ccccc4-5)nc3)c3ccc(-c4ccncc4)cc23)cc1. The van der Waals surface area contributed by atoms with E-state index in [0.717, 1.165) is 22.4 Å². The second kappa shape index (κ2) is 12.3. The molecule has 0 saturated carbocycles. The Hall–Kier alpha value is -7.42. The third kappa shape index (κ3) is 4.53. The summed E-state index contributed by atoms with van der Waals surface area (Å²) in [7, 11) is 0. The largest absolute Gasteiger partial charge is 0.265 e. The molecule has 0 fully saturated rings. The topological polar surface area (TPSA) is 25.8 Å². The van der Waals surface area contributed by atoms with Gasteiger partial charge in [0, 0.05) is 29.7 Å². The molecule has 2 aliphatic carbocycles. The summed E-state index contributed by atoms with van der Waals surface area (Å²) in [4.78, 5) is 9.53. The van der Waals surface area contributed by atoms with Gasteiger partial charge in [0.15, 0.2) is 0 Å². The molecule has 0 aliphatic heterocycles. The van der Waals surface area contributed by atoms with Gasteiger partial charge in [0.25, 0.3) is 0 Å². The van der Waals surface area contributed by atoms with Crippen LogP contribution in [0.4, 0.5) is 0 Å². The van der Waals surface area contributed by atoms with Gasteiger partial charge in [0.1, 0.15) is 0 Å². The maximum absolute atomic E-state index is 5.26. The van der Waals surface area contributed by atoms with E-state index < -0.39 is 0 Å². The normalized spacial score (nSPS) is 13.1. The summed E-state index contributed by atoms with van der Waals surface area (Å²) in [6.07, 6.45) is 5.80. The minimum Gasteiger partial charge on any atom is -0.265 e. The minimum atomic E-state index is -0.386. The van der Waals surface area contributed by atoms with Crippen LogP contribution in [-0.2, 0) is 5.41 Å². The molecule has 57 heavy (non-hydrogen) atoms. The van der Waals surface area contributed by atoms with Crippen molar-refractivity contribution in [3.8, 4) is 66.9 Å². The summed E-state index contributed by atoms with van der Waals surface area (Å²) in [6, 6.07) is 69.0. The van der Waals surface area contributed by atoms with Crippen LogP contribution in [0.15, 0.2) is 207 Å². The molecule has 12 rings (SSSR count). The van der Waals surface area contributed by atoms with Crippen molar-refractivity contribution in [2.24, 2.45) is 0 Å². The monoisotopic (exact) mass is 722 g/mol. The van der Waals surface area contributed by atoms with Crippen molar-refractivity contribution in [3.05, 3.63) is 229 Å². The molecule has 0 radical (unpaired) electrons. The van der Waals surface area contributed by atoms with Crippen LogP contribution >= 0.6 is 0 Å². The lowest BCUT2D eigenvalue weighted by atomic mass is 9.70. The lowest BCUT2D eigenvalue weighted by Gasteiger charge is -2.30. The fraction of sp³-hybridized carbons (Fsp3) is 0.0182. The molecule has 0 amide bonds. The maximum atomic E-state index is 5.26. The van der Waals surface area contributed by atoms with E-state index in [9.17, 15) is 0 Å². The molecule has 2 nitrogen and oxygen atoms in total. The van der Waals surface area contributed by atoms with Crippen LogP contribution in [0, 0.1) is 0 Å². The molecule has 2 aliphatic rings. The molecule has 0 saturated heterocycles. The number of fused-ring (bicyclic) bond motifs is 12. The van der Waals surface area contributed by atoms with E-state index >= 15 is 0 Å². The van der Waals surface area contributed by atoms with Crippen molar-refractivity contribution in [2.45, 2.75) is 5.41 Å². The molecule has 2 aromatic heterocycles. The van der Waals surface area contributed by atoms with Gasteiger partial charge < -0.3 is 0 Å². The fourth-order valence-electron chi connectivity index (χ4n) is 10.1. The van der Waals surface area contributed by atoms with Crippen molar-refractivity contribution in [2.75, 3.05) is 0 Å². The summed E-state index contributed by atoms with van der Waals surface area (Å²) < 4.78 is 0. The Morgan fingerprint density at radius 1 is 0.316 bits per heavy atom. The molecule has 1 spiro atoms. The Morgan fingerprint density at radius 3 is 1.47 bits per heavy atom. The molecule has 10 aromatic rings. The van der Waals surface area contributed by atoms with Gasteiger partial charge in [-0.25, -0.2) is 0 Å². The molecule has 0 atom stereocenters. The number of aromatic nitrogens is 2. The van der Waals surface area contributed by atoms with Crippen LogP contribution in [0.3, 0.4) is 0 Å². The average Bonchev–Trinajstić information content (AvgIpc) is 3.76. The second-order valence-electron chi connectivity index (χ2n) is 15.2. The first-order valence-corrected chi connectivity index (χ1v) is 19.6. The third-order valence-corrected chi connectivity index (χ3v) is 12.4. The fourth-order valence-corrected chi connectivity index (χ4v) is 10.1. The van der Waals surface area contributed by atoms with Crippen molar-refractivity contribution < 1.29 is 0 Å². The van der Waals surface area contributed by atoms with E-state index in [2.05, 4.69) is 199 Å². The van der Waals surface area contributed by atoms with Crippen LogP contribution in [0.1, 0.15) is 22.3 Å². The molecule has 8 aromatic carbocycles. The van der Waals surface area contributed by atoms with E-state index in [4.69, 9.17) is 4.98 Å². The predicted octanol–water partition coefficient (Wildman–Crippen LogP) is 13.8. The molecule has 2 heterocycles. The van der Waals surface area contributed by atoms with Gasteiger partial charge in [0.2, 0.25) is 0 Å². The van der Waals surface area contributed by atoms with Gasteiger partial charge in [-0.05, 0) is 124 Å². The summed E-state index contributed by atoms with van der Waals surface area (Å²) in [5, 5.41) is 4.86. The number of hydrogen-bond donors (Lipinski definition) is 0. The average molecular weight is 723 g/mol. The molecule has 2 heteroatoms. The van der Waals surface area contributed by atoms with Crippen LogP contribution in [0.25, 0.3) is 88.4 Å². The maximum Gasteiger partial charge on any atom is 0.0725 e. The lowest BCUT2D eigenvalue weighted by molar-refractivity contribution is 0.794. The third-order valence-electron chi connectivity index (χ3n) is 12.4. The van der Waals surface area contributed by atoms with Gasteiger partial charge in [-0.3, -0.25) is 9.97 Å². The zero-order valence-corrected chi connectivity index (χ0v) is 31.0. The zero-order chi connectivity index (χ0) is 37.5. The van der Waals surface area contributed by atoms with Gasteiger partial charge in [-0.1, -0.05) is 158 Å². The van der Waals surface area contributed by atoms with Gasteiger partial charge in [-0.2, -0.15) is 0 Å². The molecule has 0 bridgehead atoms. The Kier molecular flexibility index (Phi) is 6.88. The Bertz CT molecular complexity index is 3150. The molecule has 264 valence electrons. The van der Waals surface area contributed by atoms with Crippen molar-refractivity contribution >= 4 is 21.5 Å². The number of rotatable bonds is 4. The molecule has 0 N–H and O–H groups in total. The highest BCUT2D eigenvalue weighted by Gasteiger charge is 2.51. The van der Waals surface area contributed by atoms with Gasteiger partial charge in [-0.15, -0.1) is 0 Å². The lowest BCUT2D eigenvalue weighted by Crippen LogP contribution is -2.25. The van der Waals surface area contributed by atoms with Gasteiger partial charge in [0.05, 0.1) is 11.1 Å². The Balaban J connectivity index is 1.04. The molecular weight excluding hydrogens is 689 g/mol. The number of hydrogen-bond acceptors (Lipinski definition) is 2. The Labute approximate surface area is 331 Å². The van der Waals surface area contributed by atoms with E-state index in [1.165, 1.54) is 88.3 Å². The first kappa shape index (κ1) is 31.9. The highest BCUT2D eigenvalue weighted by atomic mass is 14.7. The number of benzene rings is 8. The standard InChI is InChI=1S/C55H34N2/c1-2-12-36(13-3-1)53-44-17-4-5-18-45(44)54(46-26-22-37(32-47(46)53)35-28-30-56-31-29-35)39-24-27-52(57-34-39)38-23-25-43-42-16-8-11-21-50(42)55(51(43)33-38)48-19-9-6-14-40(48)41-15-7-10-20-49(41)55/h1-34H. The van der Waals surface area contributed by atoms with Gasteiger partial charge >= 0.3 is 0 Å².